The van der Waals surface area contributed by atoms with E-state index in [0.29, 0.717) is 43.9 Å². The Morgan fingerprint density at radius 2 is 1.71 bits per heavy atom. The first-order chi connectivity index (χ1) is 16.5. The highest BCUT2D eigenvalue weighted by Crippen LogP contribution is 2.29. The molecule has 2 aliphatic rings. The third kappa shape index (κ3) is 5.92. The van der Waals surface area contributed by atoms with Crippen LogP contribution < -0.4 is 15.0 Å². The van der Waals surface area contributed by atoms with E-state index >= 15 is 0 Å². The van der Waals surface area contributed by atoms with Crippen molar-refractivity contribution in [2.75, 3.05) is 44.7 Å². The number of nitrogens with one attached hydrogen (secondary N) is 1. The number of hydrogen-bond acceptors (Lipinski definition) is 4. The van der Waals surface area contributed by atoms with E-state index in [1.165, 1.54) is 0 Å². The van der Waals surface area contributed by atoms with Gasteiger partial charge in [0, 0.05) is 43.4 Å². The maximum atomic E-state index is 13.4. The second-order valence-corrected chi connectivity index (χ2v) is 9.27. The molecule has 2 unspecified atom stereocenters. The van der Waals surface area contributed by atoms with Crippen LogP contribution in [0.2, 0.25) is 5.02 Å². The summed E-state index contributed by atoms with van der Waals surface area (Å²) in [5.74, 6) is 0.260. The summed E-state index contributed by atoms with van der Waals surface area (Å²) in [7, 11) is 1.66. The van der Waals surface area contributed by atoms with Gasteiger partial charge in [-0.15, -0.1) is 0 Å². The van der Waals surface area contributed by atoms with Crippen molar-refractivity contribution in [3.8, 4) is 5.75 Å². The highest BCUT2D eigenvalue weighted by Gasteiger charge is 2.37. The van der Waals surface area contributed by atoms with Gasteiger partial charge in [-0.3, -0.25) is 9.59 Å². The Morgan fingerprint density at radius 1 is 1.00 bits per heavy atom. The Balaban J connectivity index is 1.30. The minimum Gasteiger partial charge on any atom is -0.497 e. The van der Waals surface area contributed by atoms with Gasteiger partial charge in [0.25, 0.3) is 0 Å². The van der Waals surface area contributed by atoms with E-state index in [1.807, 2.05) is 65.6 Å². The molecule has 2 aromatic rings. The van der Waals surface area contributed by atoms with Crippen molar-refractivity contribution in [2.24, 2.45) is 11.8 Å². The van der Waals surface area contributed by atoms with Crippen molar-refractivity contribution in [3.05, 3.63) is 71.3 Å². The van der Waals surface area contributed by atoms with Crippen LogP contribution in [0.5, 0.6) is 5.75 Å². The quantitative estimate of drug-likeness (QED) is 0.608. The summed E-state index contributed by atoms with van der Waals surface area (Å²) >= 11 is 6.05. The van der Waals surface area contributed by atoms with Gasteiger partial charge >= 0.3 is 0 Å². The molecular formula is C27H32ClN3O3. The number of piperazine rings is 1. The van der Waals surface area contributed by atoms with Crippen LogP contribution in [0.4, 0.5) is 5.69 Å². The maximum Gasteiger partial charge on any atom is 0.226 e. The molecule has 180 valence electrons. The lowest BCUT2D eigenvalue weighted by molar-refractivity contribution is -0.142. The van der Waals surface area contributed by atoms with Gasteiger partial charge in [-0.2, -0.15) is 0 Å². The van der Waals surface area contributed by atoms with Crippen LogP contribution >= 0.6 is 11.6 Å². The molecular weight excluding hydrogens is 450 g/mol. The van der Waals surface area contributed by atoms with Crippen molar-refractivity contribution < 1.29 is 14.3 Å². The van der Waals surface area contributed by atoms with Crippen molar-refractivity contribution in [1.29, 1.82) is 0 Å². The fourth-order valence-corrected chi connectivity index (χ4v) is 4.96. The number of rotatable bonds is 7. The first-order valence-electron chi connectivity index (χ1n) is 11.9. The minimum atomic E-state index is -0.323. The predicted molar refractivity (Wildman–Crippen MR) is 135 cm³/mol. The molecule has 0 spiro atoms. The number of ether oxygens (including phenoxy) is 1. The van der Waals surface area contributed by atoms with E-state index in [9.17, 15) is 9.59 Å². The number of anilines is 1. The van der Waals surface area contributed by atoms with E-state index in [1.54, 1.807) is 7.11 Å². The molecule has 1 fully saturated rings. The van der Waals surface area contributed by atoms with Gasteiger partial charge in [-0.05, 0) is 61.2 Å². The topological polar surface area (TPSA) is 61.9 Å². The van der Waals surface area contributed by atoms with Crippen LogP contribution in [0.3, 0.4) is 0 Å². The molecule has 2 amide bonds. The molecule has 2 atom stereocenters. The van der Waals surface area contributed by atoms with E-state index < -0.39 is 0 Å². The molecule has 2 aromatic carbocycles. The standard InChI is InChI=1S/C27H32ClN3O3/c1-34-23-11-9-22(10-12-23)30-15-17-31(18-16-30)27(33)25-8-3-2-7-24(25)26(32)29-14-13-20-5-4-6-21(28)19-20/h2-6,9-12,19,24-25H,7-8,13-18H2,1H3,(H,29,32). The van der Waals surface area contributed by atoms with Gasteiger partial charge in [0.2, 0.25) is 11.8 Å². The van der Waals surface area contributed by atoms with Gasteiger partial charge in [0.05, 0.1) is 18.9 Å². The van der Waals surface area contributed by atoms with Crippen LogP contribution in [-0.4, -0.2) is 56.5 Å². The molecule has 1 aliphatic heterocycles. The summed E-state index contributed by atoms with van der Waals surface area (Å²) in [6.07, 6.45) is 5.98. The second kappa shape index (κ2) is 11.4. The molecule has 0 bridgehead atoms. The van der Waals surface area contributed by atoms with E-state index in [0.717, 1.165) is 30.1 Å². The predicted octanol–water partition coefficient (Wildman–Crippen LogP) is 3.94. The number of carbonyl (C=O) groups excluding carboxylic acids is 2. The number of methoxy groups -OCH3 is 1. The highest BCUT2D eigenvalue weighted by atomic mass is 35.5. The number of halogens is 1. The Morgan fingerprint density at radius 3 is 2.38 bits per heavy atom. The van der Waals surface area contributed by atoms with E-state index in [-0.39, 0.29) is 23.7 Å². The number of nitrogens with zero attached hydrogens (tertiary/aromatic N) is 2. The Bertz CT molecular complexity index is 1020. The number of allylic oxidation sites excluding steroid dienone is 2. The molecule has 0 saturated carbocycles. The van der Waals surface area contributed by atoms with Gasteiger partial charge in [-0.1, -0.05) is 35.9 Å². The summed E-state index contributed by atoms with van der Waals surface area (Å²) in [5.41, 5.74) is 2.21. The number of amides is 2. The fourth-order valence-electron chi connectivity index (χ4n) is 4.74. The van der Waals surface area contributed by atoms with Gasteiger partial charge in [0.15, 0.2) is 0 Å². The van der Waals surface area contributed by atoms with Crippen LogP contribution in [0, 0.1) is 11.8 Å². The van der Waals surface area contributed by atoms with Crippen LogP contribution in [-0.2, 0) is 16.0 Å². The normalized spacial score (nSPS) is 20.2. The monoisotopic (exact) mass is 481 g/mol. The number of benzene rings is 2. The molecule has 4 rings (SSSR count). The Labute approximate surface area is 206 Å². The molecule has 0 aromatic heterocycles. The zero-order valence-corrected chi connectivity index (χ0v) is 20.3. The molecule has 0 radical (unpaired) electrons. The van der Waals surface area contributed by atoms with Crippen molar-refractivity contribution in [1.82, 2.24) is 10.2 Å². The lowest BCUT2D eigenvalue weighted by atomic mass is 9.81. The van der Waals surface area contributed by atoms with Gasteiger partial charge in [-0.25, -0.2) is 0 Å². The van der Waals surface area contributed by atoms with Gasteiger partial charge in [0.1, 0.15) is 5.75 Å². The van der Waals surface area contributed by atoms with Gasteiger partial charge < -0.3 is 19.9 Å². The molecule has 1 N–H and O–H groups in total. The fraction of sp³-hybridized carbons (Fsp3) is 0.407. The molecule has 1 heterocycles. The van der Waals surface area contributed by atoms with E-state index in [2.05, 4.69) is 10.2 Å². The molecule has 7 heteroatoms. The number of carbonyl (C=O) groups is 2. The smallest absolute Gasteiger partial charge is 0.226 e. The summed E-state index contributed by atoms with van der Waals surface area (Å²) in [5, 5.41) is 3.73. The van der Waals surface area contributed by atoms with Crippen LogP contribution in [0.1, 0.15) is 18.4 Å². The Kier molecular flexibility index (Phi) is 8.12. The second-order valence-electron chi connectivity index (χ2n) is 8.84. The molecule has 1 saturated heterocycles. The lowest BCUT2D eigenvalue weighted by Crippen LogP contribution is -2.52. The number of hydrogen-bond donors (Lipinski definition) is 1. The van der Waals surface area contributed by atoms with Crippen molar-refractivity contribution in [3.63, 3.8) is 0 Å². The summed E-state index contributed by atoms with van der Waals surface area (Å²) < 4.78 is 5.24. The van der Waals surface area contributed by atoms with Crippen molar-refractivity contribution >= 4 is 29.1 Å². The first kappa shape index (κ1) is 24.1. The SMILES string of the molecule is COc1ccc(N2CCN(C(=O)C3CC=CCC3C(=O)NCCc3cccc(Cl)c3)CC2)cc1. The Hall–Kier alpha value is -2.99. The zero-order chi connectivity index (χ0) is 23.9. The third-order valence-electron chi connectivity index (χ3n) is 6.72. The third-order valence-corrected chi connectivity index (χ3v) is 6.95. The molecule has 34 heavy (non-hydrogen) atoms. The minimum absolute atomic E-state index is 0.0402. The molecule has 1 aliphatic carbocycles. The van der Waals surface area contributed by atoms with Crippen LogP contribution in [0.25, 0.3) is 0 Å². The largest absolute Gasteiger partial charge is 0.497 e. The highest BCUT2D eigenvalue weighted by molar-refractivity contribution is 6.30. The average Bonchev–Trinajstić information content (AvgIpc) is 2.88. The first-order valence-corrected chi connectivity index (χ1v) is 12.3. The lowest BCUT2D eigenvalue weighted by Gasteiger charge is -2.39. The molecule has 6 nitrogen and oxygen atoms in total. The van der Waals surface area contributed by atoms with Crippen LogP contribution in [0.15, 0.2) is 60.7 Å². The average molecular weight is 482 g/mol. The zero-order valence-electron chi connectivity index (χ0n) is 19.6. The maximum absolute atomic E-state index is 13.4. The summed E-state index contributed by atoms with van der Waals surface area (Å²) in [4.78, 5) is 30.6. The van der Waals surface area contributed by atoms with E-state index in [4.69, 9.17) is 16.3 Å². The summed E-state index contributed by atoms with van der Waals surface area (Å²) in [6, 6.07) is 15.7. The summed E-state index contributed by atoms with van der Waals surface area (Å²) in [6.45, 7) is 3.40. The van der Waals surface area contributed by atoms with Crippen molar-refractivity contribution in [2.45, 2.75) is 19.3 Å².